The highest BCUT2D eigenvalue weighted by Gasteiger charge is 3.12. The van der Waals surface area contributed by atoms with Crippen LogP contribution in [0, 0.1) is 0 Å². The Balaban J connectivity index is 3.55. The van der Waals surface area contributed by atoms with Crippen LogP contribution in [0.3, 0.4) is 0 Å². The smallest absolute Gasteiger partial charge is 0.356 e. The molecule has 0 aromatic rings. The molecule has 2 rings (SSSR count). The van der Waals surface area contributed by atoms with E-state index in [0.717, 1.165) is 0 Å². The Morgan fingerprint density at radius 2 is 0.917 bits per heavy atom. The minimum absolute atomic E-state index is 1.19. The normalized spacial score (nSPS) is 46.8. The lowest BCUT2D eigenvalue weighted by Gasteiger charge is -2.70. The third-order valence-electron chi connectivity index (χ3n) is 6.93. The maximum absolute atomic E-state index is 16.2. The zero-order chi connectivity index (χ0) is 29.4. The van der Waals surface area contributed by atoms with Crippen molar-refractivity contribution in [1.82, 2.24) is 0 Å². The highest BCUT2D eigenvalue weighted by molar-refractivity contribution is 5.49. The van der Waals surface area contributed by atoms with Crippen molar-refractivity contribution in [3.05, 3.63) is 0 Å². The van der Waals surface area contributed by atoms with E-state index in [0.29, 0.717) is 0 Å². The Kier molecular flexibility index (Phi) is 5.86. The number of hydrogen-bond acceptors (Lipinski definition) is 1. The van der Waals surface area contributed by atoms with E-state index in [1.807, 2.05) is 0 Å². The van der Waals surface area contributed by atoms with E-state index < -0.39 is 103 Å². The van der Waals surface area contributed by atoms with Crippen molar-refractivity contribution >= 4 is 0 Å². The number of halogens is 18. The molecule has 1 nitrogen and oxygen atoms in total. The van der Waals surface area contributed by atoms with E-state index in [4.69, 9.17) is 5.11 Å². The van der Waals surface area contributed by atoms with E-state index in [9.17, 15) is 52.7 Å². The zero-order valence-corrected chi connectivity index (χ0v) is 17.7. The Bertz CT molecular complexity index is 914. The van der Waals surface area contributed by atoms with Crippen molar-refractivity contribution in [2.45, 2.75) is 96.7 Å². The second kappa shape index (κ2) is 6.82. The molecule has 214 valence electrons. The monoisotopic (exact) mass is 576 g/mol. The summed E-state index contributed by atoms with van der Waals surface area (Å²) in [5.74, 6) is -43.0. The van der Waals surface area contributed by atoms with Crippen molar-refractivity contribution in [3.8, 4) is 0 Å². The molecule has 0 aliphatic heterocycles. The zero-order valence-electron chi connectivity index (χ0n) is 17.7. The van der Waals surface area contributed by atoms with Crippen molar-refractivity contribution < 1.29 is 84.1 Å². The van der Waals surface area contributed by atoms with Crippen LogP contribution in [0.15, 0.2) is 0 Å². The van der Waals surface area contributed by atoms with Gasteiger partial charge in [-0.3, -0.25) is 0 Å². The van der Waals surface area contributed by atoms with Gasteiger partial charge in [0.2, 0.25) is 22.7 Å². The van der Waals surface area contributed by atoms with Crippen LogP contribution in [0.1, 0.15) is 27.2 Å². The van der Waals surface area contributed by atoms with E-state index in [1.54, 1.807) is 0 Å². The van der Waals surface area contributed by atoms with Crippen molar-refractivity contribution in [1.29, 1.82) is 0 Å². The van der Waals surface area contributed by atoms with Crippen LogP contribution in [0.2, 0.25) is 0 Å². The SMILES string of the molecule is CC(F)(F)C1(F)CC(F)(F)C(F)(C(C)(F)F)C2(F)C(F)(C(C)(F)F)C(F)(F)C(F)(F)C(F)(CO)C12F. The van der Waals surface area contributed by atoms with E-state index in [2.05, 4.69) is 0 Å². The minimum atomic E-state index is -8.33. The summed E-state index contributed by atoms with van der Waals surface area (Å²) in [6.07, 6.45) is -4.30. The number of rotatable bonds is 4. The van der Waals surface area contributed by atoms with Gasteiger partial charge in [0.25, 0.3) is 35.0 Å². The average molecular weight is 576 g/mol. The summed E-state index contributed by atoms with van der Waals surface area (Å²) in [7, 11) is 0. The van der Waals surface area contributed by atoms with Crippen LogP contribution in [-0.4, -0.2) is 81.3 Å². The molecule has 0 aromatic carbocycles. The fraction of sp³-hybridized carbons (Fsp3) is 1.00. The fourth-order valence-corrected chi connectivity index (χ4v) is 5.14. The second-order valence-corrected chi connectivity index (χ2v) is 9.09. The highest BCUT2D eigenvalue weighted by Crippen LogP contribution is 2.82. The summed E-state index contributed by atoms with van der Waals surface area (Å²) in [4.78, 5) is 0. The van der Waals surface area contributed by atoms with Crippen LogP contribution >= 0.6 is 0 Å². The van der Waals surface area contributed by atoms with Gasteiger partial charge in [0, 0.05) is 20.8 Å². The number of fused-ring (bicyclic) bond motifs is 1. The van der Waals surface area contributed by atoms with Gasteiger partial charge in [0.15, 0.2) is 0 Å². The molecule has 0 spiro atoms. The maximum atomic E-state index is 16.2. The molecule has 0 bridgehead atoms. The van der Waals surface area contributed by atoms with Crippen LogP contribution in [-0.2, 0) is 0 Å². The Morgan fingerprint density at radius 3 is 1.19 bits per heavy atom. The summed E-state index contributed by atoms with van der Waals surface area (Å²) in [6, 6.07) is 0. The molecule has 1 N–H and O–H groups in total. The third kappa shape index (κ3) is 2.45. The lowest BCUT2D eigenvalue weighted by molar-refractivity contribution is -0.513. The summed E-state index contributed by atoms with van der Waals surface area (Å²) < 4.78 is 267. The van der Waals surface area contributed by atoms with Crippen LogP contribution in [0.25, 0.3) is 0 Å². The summed E-state index contributed by atoms with van der Waals surface area (Å²) in [5, 5.41) is 8.90. The van der Waals surface area contributed by atoms with Gasteiger partial charge in [-0.2, -0.15) is 17.6 Å². The molecule has 0 saturated heterocycles. The standard InChI is InChI=1S/C17H14F18O/c1-6(18,19)9(24)4-11(26,27)12(28,7(2,20)21)15(31)13(29,8(3,22)23)17(34,35)16(32,33)10(25,5-36)14(9,15)30/h36H,4-5H2,1-3H3. The molecule has 2 fully saturated rings. The van der Waals surface area contributed by atoms with E-state index >= 15 is 26.3 Å². The number of aliphatic hydroxyl groups is 1. The first-order valence-corrected chi connectivity index (χ1v) is 9.28. The lowest BCUT2D eigenvalue weighted by atomic mass is 9.41. The predicted octanol–water partition coefficient (Wildman–Crippen LogP) is 6.52. The average Bonchev–Trinajstić information content (AvgIpc) is 2.64. The molecular formula is C17H14F18O. The quantitative estimate of drug-likeness (QED) is 0.379. The van der Waals surface area contributed by atoms with Gasteiger partial charge in [0.1, 0.15) is 0 Å². The van der Waals surface area contributed by atoms with Gasteiger partial charge < -0.3 is 5.11 Å². The van der Waals surface area contributed by atoms with Gasteiger partial charge in [-0.15, -0.1) is 0 Å². The largest absolute Gasteiger partial charge is 0.393 e. The molecule has 6 atom stereocenters. The molecule has 2 saturated carbocycles. The van der Waals surface area contributed by atoms with Crippen LogP contribution in [0.5, 0.6) is 0 Å². The lowest BCUT2D eigenvalue weighted by Crippen LogP contribution is -3.02. The molecule has 19 heteroatoms. The molecule has 2 aliphatic carbocycles. The van der Waals surface area contributed by atoms with Crippen molar-refractivity contribution in [3.63, 3.8) is 0 Å². The van der Waals surface area contributed by atoms with Crippen LogP contribution in [0.4, 0.5) is 79.0 Å². The van der Waals surface area contributed by atoms with Gasteiger partial charge >= 0.3 is 11.8 Å². The molecule has 0 radical (unpaired) electrons. The number of aliphatic hydroxyl groups excluding tert-OH is 1. The summed E-state index contributed by atoms with van der Waals surface area (Å²) >= 11 is 0. The molecule has 0 aromatic heterocycles. The number of hydrogen-bond donors (Lipinski definition) is 1. The number of alkyl halides is 18. The van der Waals surface area contributed by atoms with Gasteiger partial charge in [-0.05, 0) is 0 Å². The van der Waals surface area contributed by atoms with Crippen LogP contribution < -0.4 is 0 Å². The Labute approximate surface area is 188 Å². The molecule has 2 aliphatic rings. The molecule has 36 heavy (non-hydrogen) atoms. The van der Waals surface area contributed by atoms with E-state index in [-0.39, 0.29) is 0 Å². The van der Waals surface area contributed by atoms with E-state index in [1.165, 1.54) is 0 Å². The first-order chi connectivity index (χ1) is 15.3. The van der Waals surface area contributed by atoms with Gasteiger partial charge in [-0.25, -0.2) is 61.5 Å². The first kappa shape index (κ1) is 30.9. The second-order valence-electron chi connectivity index (χ2n) is 9.09. The Morgan fingerprint density at radius 1 is 0.556 bits per heavy atom. The van der Waals surface area contributed by atoms with Gasteiger partial charge in [0.05, 0.1) is 13.0 Å². The summed E-state index contributed by atoms with van der Waals surface area (Å²) in [6.45, 7) is -8.00. The van der Waals surface area contributed by atoms with Gasteiger partial charge in [-0.1, -0.05) is 0 Å². The maximum Gasteiger partial charge on any atom is 0.356 e. The Hall–Kier alpha value is -1.30. The minimum Gasteiger partial charge on any atom is -0.393 e. The molecule has 0 amide bonds. The topological polar surface area (TPSA) is 20.2 Å². The predicted molar refractivity (Wildman–Crippen MR) is 81.4 cm³/mol. The third-order valence-corrected chi connectivity index (χ3v) is 6.93. The molecule has 0 heterocycles. The summed E-state index contributed by atoms with van der Waals surface area (Å²) in [5.41, 5.74) is -46.3. The van der Waals surface area contributed by atoms with Crippen molar-refractivity contribution in [2.24, 2.45) is 0 Å². The highest BCUT2D eigenvalue weighted by atomic mass is 19.3. The fourth-order valence-electron chi connectivity index (χ4n) is 5.14. The molecule has 6 unspecified atom stereocenters. The van der Waals surface area contributed by atoms with Crippen molar-refractivity contribution in [2.75, 3.05) is 6.61 Å². The first-order valence-electron chi connectivity index (χ1n) is 9.28. The molecular weight excluding hydrogens is 562 g/mol.